The molecule has 9 aromatic carbocycles. The van der Waals surface area contributed by atoms with E-state index in [2.05, 4.69) is 0 Å². The van der Waals surface area contributed by atoms with Gasteiger partial charge in [-0.25, -0.2) is 0 Å². The molecule has 0 bridgehead atoms. The minimum absolute atomic E-state index is 0.458. The molecule has 326 valence electrons. The second-order valence-electron chi connectivity index (χ2n) is 15.5. The van der Waals surface area contributed by atoms with Gasteiger partial charge in [-0.2, -0.15) is 0 Å². The molecule has 0 saturated carbocycles. The zero-order chi connectivity index (χ0) is 45.8. The molecule has 0 aliphatic carbocycles. The molecule has 0 spiro atoms. The second-order valence-corrected chi connectivity index (χ2v) is 24.2. The van der Waals surface area contributed by atoms with Gasteiger partial charge in [0.05, 0.1) is 0 Å². The van der Waals surface area contributed by atoms with Gasteiger partial charge >= 0.3 is 381 Å². The zero-order valence-corrected chi connectivity index (χ0v) is 36.9. The summed E-state index contributed by atoms with van der Waals surface area (Å²) in [6.45, 7) is -10.1. The molecular formula is C56H40F4O4P2. The summed E-state index contributed by atoms with van der Waals surface area (Å²) < 4.78 is 80.5. The molecule has 0 radical (unpaired) electrons. The van der Waals surface area contributed by atoms with E-state index in [0.717, 1.165) is 0 Å². The first-order chi connectivity index (χ1) is 32.2. The van der Waals surface area contributed by atoms with Gasteiger partial charge in [0, 0.05) is 0 Å². The predicted octanol–water partition coefficient (Wildman–Crippen LogP) is 10.1. The maximum absolute atomic E-state index is 17.2. The van der Waals surface area contributed by atoms with Crippen molar-refractivity contribution >= 4 is 68.0 Å². The Morgan fingerprint density at radius 2 is 0.409 bits per heavy atom. The fourth-order valence-electron chi connectivity index (χ4n) is 9.35. The Morgan fingerprint density at radius 1 is 0.258 bits per heavy atom. The van der Waals surface area contributed by atoms with Gasteiger partial charge in [-0.3, -0.25) is 0 Å². The first-order valence-corrected chi connectivity index (χ1v) is 25.3. The molecule has 0 unspecified atom stereocenters. The molecule has 9 aromatic rings. The summed E-state index contributed by atoms with van der Waals surface area (Å²) in [6, 6.07) is 70.5. The van der Waals surface area contributed by atoms with Crippen LogP contribution in [0.15, 0.2) is 243 Å². The molecule has 4 nitrogen and oxygen atoms in total. The van der Waals surface area contributed by atoms with Gasteiger partial charge in [0.2, 0.25) is 0 Å². The van der Waals surface area contributed by atoms with Crippen molar-refractivity contribution in [2.24, 2.45) is 0 Å². The van der Waals surface area contributed by atoms with Gasteiger partial charge in [-0.1, -0.05) is 0 Å². The van der Waals surface area contributed by atoms with Crippen LogP contribution in [0.3, 0.4) is 0 Å². The second kappa shape index (κ2) is 17.5. The third-order valence-corrected chi connectivity index (χ3v) is 23.5. The average molecular weight is 915 g/mol. The van der Waals surface area contributed by atoms with E-state index in [-0.39, 0.29) is 0 Å². The Kier molecular flexibility index (Phi) is 11.6. The van der Waals surface area contributed by atoms with Crippen molar-refractivity contribution in [3.63, 3.8) is 0 Å². The molecule has 0 fully saturated rings. The van der Waals surface area contributed by atoms with Gasteiger partial charge in [-0.15, -0.1) is 0 Å². The average Bonchev–Trinajstić information content (AvgIpc) is 3.39. The van der Waals surface area contributed by atoms with Crippen LogP contribution in [0.4, 0.5) is 17.6 Å². The molecular weight excluding hydrogens is 875 g/mol. The Balaban J connectivity index is 1.38. The molecule has 10 heteroatoms. The standard InChI is InChI=1S/C56H40F4O4P2/c57-51-49(55(61)63-65(41-25-9-1-10-26-41,42-27-11-2-12-28-42,43-29-13-3-14-30-43)44-31-15-4-16-32-44)50(52(58)54(60)53(51)59)56(62)64-66(45-33-17-5-18-34-45,46-35-19-6-20-36-46,47-37-21-7-22-38-47)48-39-23-8-24-40-48/h1-40H. The summed E-state index contributed by atoms with van der Waals surface area (Å²) in [6.07, 6.45) is 0. The van der Waals surface area contributed by atoms with Crippen molar-refractivity contribution in [2.45, 2.75) is 0 Å². The van der Waals surface area contributed by atoms with Crippen molar-refractivity contribution in [2.75, 3.05) is 0 Å². The molecule has 0 saturated heterocycles. The fourth-order valence-corrected chi connectivity index (χ4v) is 20.5. The summed E-state index contributed by atoms with van der Waals surface area (Å²) in [5.74, 6) is -12.2. The molecule has 0 aliphatic rings. The number of halogens is 4. The summed E-state index contributed by atoms with van der Waals surface area (Å²) >= 11 is 0. The van der Waals surface area contributed by atoms with Crippen LogP contribution in [0.25, 0.3) is 0 Å². The molecule has 0 N–H and O–H groups in total. The fraction of sp³-hybridized carbons (Fsp3) is 0. The molecule has 0 aliphatic heterocycles. The summed E-state index contributed by atoms with van der Waals surface area (Å²) in [4.78, 5) is 31.5. The van der Waals surface area contributed by atoms with Crippen LogP contribution >= 0.6 is 13.7 Å². The van der Waals surface area contributed by atoms with E-state index in [0.29, 0.717) is 42.4 Å². The summed E-state index contributed by atoms with van der Waals surface area (Å²) in [7, 11) is 0. The van der Waals surface area contributed by atoms with Crippen molar-refractivity contribution in [3.8, 4) is 0 Å². The quantitative estimate of drug-likeness (QED) is 0.0531. The maximum atomic E-state index is 17.2. The van der Waals surface area contributed by atoms with Crippen LogP contribution < -0.4 is 42.4 Å². The third kappa shape index (κ3) is 6.43. The first-order valence-electron chi connectivity index (χ1n) is 21.0. The van der Waals surface area contributed by atoms with E-state index in [1.807, 2.05) is 0 Å². The molecule has 66 heavy (non-hydrogen) atoms. The van der Waals surface area contributed by atoms with Gasteiger partial charge in [0.15, 0.2) is 0 Å². The van der Waals surface area contributed by atoms with Gasteiger partial charge < -0.3 is 0 Å². The van der Waals surface area contributed by atoms with Crippen molar-refractivity contribution in [1.29, 1.82) is 0 Å². The first kappa shape index (κ1) is 43.7. The van der Waals surface area contributed by atoms with E-state index < -0.39 is 60.0 Å². The van der Waals surface area contributed by atoms with E-state index in [9.17, 15) is 0 Å². The van der Waals surface area contributed by atoms with Crippen LogP contribution in [-0.4, -0.2) is 11.9 Å². The van der Waals surface area contributed by atoms with Crippen LogP contribution in [0.1, 0.15) is 20.7 Å². The van der Waals surface area contributed by atoms with Gasteiger partial charge in [0.1, 0.15) is 0 Å². The molecule has 0 amide bonds. The van der Waals surface area contributed by atoms with Crippen molar-refractivity contribution < 1.29 is 36.2 Å². The summed E-state index contributed by atoms with van der Waals surface area (Å²) in [5, 5.41) is 3.66. The number of hydrogen-bond donors (Lipinski definition) is 0. The molecule has 0 aromatic heterocycles. The van der Waals surface area contributed by atoms with Crippen molar-refractivity contribution in [3.05, 3.63) is 277 Å². The Bertz CT molecular complexity index is 2610. The minimum atomic E-state index is -5.05. The monoisotopic (exact) mass is 914 g/mol. The molecule has 9 rings (SSSR count). The number of rotatable bonds is 12. The van der Waals surface area contributed by atoms with Gasteiger partial charge in [-0.05, 0) is 0 Å². The topological polar surface area (TPSA) is 52.6 Å². The van der Waals surface area contributed by atoms with Gasteiger partial charge in [0.25, 0.3) is 0 Å². The van der Waals surface area contributed by atoms with Crippen LogP contribution in [-0.2, 0) is 9.05 Å². The third-order valence-electron chi connectivity index (χ3n) is 12.2. The molecule has 0 atom stereocenters. The van der Waals surface area contributed by atoms with E-state index in [1.165, 1.54) is 0 Å². The number of carbonyl (C=O) groups excluding carboxylic acids is 2. The molecule has 0 heterocycles. The SMILES string of the molecule is O=C(OP(c1ccccc1)(c1ccccc1)(c1ccccc1)c1ccccc1)c1c(F)c(F)c(F)c(F)c1C(=O)OP(c1ccccc1)(c1ccccc1)(c1ccccc1)c1ccccc1. The number of carbonyl (C=O) groups is 2. The normalized spacial score (nSPS) is 12.7. The van der Waals surface area contributed by atoms with E-state index in [1.54, 1.807) is 243 Å². The predicted molar refractivity (Wildman–Crippen MR) is 260 cm³/mol. The number of benzene rings is 9. The van der Waals surface area contributed by atoms with Crippen LogP contribution in [0.2, 0.25) is 0 Å². The summed E-state index contributed by atoms with van der Waals surface area (Å²) in [5.41, 5.74) is -2.97. The Labute approximate surface area is 379 Å². The van der Waals surface area contributed by atoms with Crippen LogP contribution in [0.5, 0.6) is 0 Å². The zero-order valence-electron chi connectivity index (χ0n) is 35.1. The Morgan fingerprint density at radius 3 is 0.561 bits per heavy atom. The Hall–Kier alpha value is -7.50. The van der Waals surface area contributed by atoms with E-state index in [4.69, 9.17) is 9.05 Å². The van der Waals surface area contributed by atoms with E-state index >= 15 is 27.2 Å². The van der Waals surface area contributed by atoms with Crippen LogP contribution in [0, 0.1) is 23.3 Å². The van der Waals surface area contributed by atoms with Crippen molar-refractivity contribution in [1.82, 2.24) is 0 Å². The number of hydrogen-bond acceptors (Lipinski definition) is 4.